The largest absolute Gasteiger partial charge is 0.494 e. The molecule has 0 fully saturated rings. The topological polar surface area (TPSA) is 183 Å². The van der Waals surface area contributed by atoms with Gasteiger partial charge in [0.1, 0.15) is 23.4 Å². The van der Waals surface area contributed by atoms with Gasteiger partial charge in [-0.1, -0.05) is 0 Å². The fourth-order valence-electron chi connectivity index (χ4n) is 3.94. The SMILES string of the molecule is CCOc1cc(OCCCF)c(F)c(C(Nc2ccc(C(=N)N)c(OC(C)=O)c2)c2nn(-c3ncccn3)c(=O)[nH]2)c1. The van der Waals surface area contributed by atoms with Crippen molar-refractivity contribution in [2.75, 3.05) is 25.2 Å². The first kappa shape index (κ1) is 29.6. The molecule has 1 unspecified atom stereocenters. The molecule has 0 saturated heterocycles. The number of hydrogen-bond acceptors (Lipinski definition) is 10. The standard InChI is InChI=1S/C27H28F2N8O5/c1-3-40-17-13-19(22(29)21(14-17)41-11-4-8-28)23(25-35-27(39)37(36-25)26-32-9-5-10-33-26)34-16-6-7-18(24(30)31)20(12-16)42-15(2)38/h5-7,9-10,12-14,23,34H,3-4,8,11H2,1-2H3,(H3,30,31)(H,35,36,39). The summed E-state index contributed by atoms with van der Waals surface area (Å²) in [4.78, 5) is 35.3. The Morgan fingerprint density at radius 1 is 1.19 bits per heavy atom. The third-order valence-electron chi connectivity index (χ3n) is 5.69. The van der Waals surface area contributed by atoms with E-state index in [1.54, 1.807) is 13.0 Å². The molecule has 0 amide bonds. The fraction of sp³-hybridized carbons (Fsp3) is 0.259. The van der Waals surface area contributed by atoms with Gasteiger partial charge in [-0.05, 0) is 31.2 Å². The van der Waals surface area contributed by atoms with Gasteiger partial charge < -0.3 is 25.3 Å². The maximum Gasteiger partial charge on any atom is 0.350 e. The Balaban J connectivity index is 1.87. The van der Waals surface area contributed by atoms with Crippen LogP contribution in [0.15, 0.2) is 53.6 Å². The molecule has 0 radical (unpaired) electrons. The van der Waals surface area contributed by atoms with Crippen LogP contribution in [0.5, 0.6) is 17.2 Å². The monoisotopic (exact) mass is 582 g/mol. The number of aromatic nitrogens is 5. The van der Waals surface area contributed by atoms with Crippen LogP contribution in [-0.2, 0) is 4.79 Å². The summed E-state index contributed by atoms with van der Waals surface area (Å²) >= 11 is 0. The minimum atomic E-state index is -1.19. The molecule has 15 heteroatoms. The van der Waals surface area contributed by atoms with Gasteiger partial charge in [0, 0.05) is 49.1 Å². The Morgan fingerprint density at radius 3 is 2.62 bits per heavy atom. The first-order valence-electron chi connectivity index (χ1n) is 12.8. The molecular weight excluding hydrogens is 554 g/mol. The second-order valence-corrected chi connectivity index (χ2v) is 8.72. The van der Waals surface area contributed by atoms with E-state index in [2.05, 4.69) is 25.4 Å². The third-order valence-corrected chi connectivity index (χ3v) is 5.69. The van der Waals surface area contributed by atoms with Crippen LogP contribution in [0.2, 0.25) is 0 Å². The number of amidine groups is 1. The number of esters is 1. The zero-order chi connectivity index (χ0) is 30.2. The van der Waals surface area contributed by atoms with Gasteiger partial charge >= 0.3 is 11.7 Å². The lowest BCUT2D eigenvalue weighted by Crippen LogP contribution is -2.19. The number of nitrogen functional groups attached to an aromatic ring is 1. The third kappa shape index (κ3) is 6.86. The van der Waals surface area contributed by atoms with Crippen molar-refractivity contribution in [3.63, 3.8) is 0 Å². The Kier molecular flexibility index (Phi) is 9.42. The molecule has 0 saturated carbocycles. The number of nitrogens with one attached hydrogen (secondary N) is 3. The van der Waals surface area contributed by atoms with E-state index in [1.807, 2.05) is 0 Å². The molecule has 4 aromatic rings. The molecule has 42 heavy (non-hydrogen) atoms. The molecule has 0 aliphatic carbocycles. The number of rotatable bonds is 13. The maximum absolute atomic E-state index is 16.0. The van der Waals surface area contributed by atoms with Crippen LogP contribution in [0.1, 0.15) is 43.3 Å². The molecule has 0 aliphatic rings. The number of aromatic amines is 1. The van der Waals surface area contributed by atoms with Crippen molar-refractivity contribution in [3.8, 4) is 23.2 Å². The lowest BCUT2D eigenvalue weighted by atomic mass is 10.0. The highest BCUT2D eigenvalue weighted by Crippen LogP contribution is 2.36. The van der Waals surface area contributed by atoms with Gasteiger partial charge in [-0.3, -0.25) is 19.6 Å². The quantitative estimate of drug-likeness (QED) is 0.0601. The van der Waals surface area contributed by atoms with Crippen LogP contribution >= 0.6 is 0 Å². The van der Waals surface area contributed by atoms with Crippen molar-refractivity contribution in [2.45, 2.75) is 26.3 Å². The molecule has 2 aromatic carbocycles. The number of H-pyrrole nitrogens is 1. The van der Waals surface area contributed by atoms with E-state index in [9.17, 15) is 14.0 Å². The number of benzene rings is 2. The lowest BCUT2D eigenvalue weighted by Gasteiger charge is -2.22. The first-order chi connectivity index (χ1) is 20.2. The first-order valence-corrected chi connectivity index (χ1v) is 12.8. The second-order valence-electron chi connectivity index (χ2n) is 8.72. The zero-order valence-electron chi connectivity index (χ0n) is 22.7. The van der Waals surface area contributed by atoms with Crippen LogP contribution in [0.25, 0.3) is 5.95 Å². The summed E-state index contributed by atoms with van der Waals surface area (Å²) < 4.78 is 46.0. The van der Waals surface area contributed by atoms with Crippen molar-refractivity contribution in [2.24, 2.45) is 5.73 Å². The van der Waals surface area contributed by atoms with Gasteiger partial charge in [-0.15, -0.1) is 9.78 Å². The molecule has 0 aliphatic heterocycles. The molecule has 13 nitrogen and oxygen atoms in total. The Bertz CT molecular complexity index is 1630. The average molecular weight is 583 g/mol. The lowest BCUT2D eigenvalue weighted by molar-refractivity contribution is -0.131. The van der Waals surface area contributed by atoms with Crippen LogP contribution in [-0.4, -0.2) is 56.4 Å². The van der Waals surface area contributed by atoms with E-state index in [4.69, 9.17) is 25.4 Å². The Hall–Kier alpha value is -5.34. The van der Waals surface area contributed by atoms with Gasteiger partial charge in [-0.2, -0.15) is 0 Å². The Morgan fingerprint density at radius 2 is 1.95 bits per heavy atom. The highest BCUT2D eigenvalue weighted by atomic mass is 19.1. The van der Waals surface area contributed by atoms with Crippen molar-refractivity contribution in [3.05, 3.63) is 82.0 Å². The van der Waals surface area contributed by atoms with Crippen LogP contribution in [0, 0.1) is 11.2 Å². The number of halogens is 2. The maximum atomic E-state index is 16.0. The van der Waals surface area contributed by atoms with E-state index in [1.165, 1.54) is 49.6 Å². The van der Waals surface area contributed by atoms with Gasteiger partial charge in [0.05, 0.1) is 25.5 Å². The molecular formula is C27H28F2N8O5. The van der Waals surface area contributed by atoms with Crippen molar-refractivity contribution in [1.29, 1.82) is 5.41 Å². The summed E-state index contributed by atoms with van der Waals surface area (Å²) in [6, 6.07) is 7.48. The molecule has 4 rings (SSSR count). The summed E-state index contributed by atoms with van der Waals surface area (Å²) in [6.45, 7) is 2.45. The molecule has 2 aromatic heterocycles. The molecule has 220 valence electrons. The van der Waals surface area contributed by atoms with Crippen LogP contribution < -0.4 is 31.0 Å². The number of nitrogens with zero attached hydrogens (tertiary/aromatic N) is 4. The van der Waals surface area contributed by atoms with Crippen molar-refractivity contribution in [1.82, 2.24) is 24.7 Å². The number of hydrogen-bond donors (Lipinski definition) is 4. The minimum absolute atomic E-state index is 0.0192. The van der Waals surface area contributed by atoms with Gasteiger partial charge in [0.15, 0.2) is 17.4 Å². The molecule has 1 atom stereocenters. The molecule has 2 heterocycles. The van der Waals surface area contributed by atoms with Gasteiger partial charge in [0.25, 0.3) is 5.95 Å². The molecule has 0 bridgehead atoms. The smallest absolute Gasteiger partial charge is 0.350 e. The number of nitrogens with two attached hydrogens (primary N) is 1. The second kappa shape index (κ2) is 13.3. The van der Waals surface area contributed by atoms with Crippen LogP contribution in [0.4, 0.5) is 14.5 Å². The van der Waals surface area contributed by atoms with E-state index in [-0.39, 0.29) is 71.3 Å². The Labute approximate surface area is 238 Å². The number of anilines is 1. The summed E-state index contributed by atoms with van der Waals surface area (Å²) in [6.07, 6.45) is 2.90. The van der Waals surface area contributed by atoms with E-state index in [0.717, 1.165) is 4.68 Å². The summed E-state index contributed by atoms with van der Waals surface area (Å²) in [7, 11) is 0. The van der Waals surface area contributed by atoms with Crippen molar-refractivity contribution < 1.29 is 27.8 Å². The van der Waals surface area contributed by atoms with Crippen LogP contribution in [0.3, 0.4) is 0 Å². The predicted molar refractivity (Wildman–Crippen MR) is 148 cm³/mol. The highest BCUT2D eigenvalue weighted by Gasteiger charge is 2.27. The highest BCUT2D eigenvalue weighted by molar-refractivity contribution is 5.98. The molecule has 5 N–H and O–H groups in total. The summed E-state index contributed by atoms with van der Waals surface area (Å²) in [5.74, 6) is -1.84. The average Bonchev–Trinajstić information content (AvgIpc) is 3.35. The number of carbonyl (C=O) groups excluding carboxylic acids is 1. The summed E-state index contributed by atoms with van der Waals surface area (Å²) in [5.41, 5.74) is 5.33. The zero-order valence-corrected chi connectivity index (χ0v) is 22.7. The number of alkyl halides is 1. The van der Waals surface area contributed by atoms with E-state index < -0.39 is 30.2 Å². The van der Waals surface area contributed by atoms with E-state index >= 15 is 4.39 Å². The van der Waals surface area contributed by atoms with Gasteiger partial charge in [-0.25, -0.2) is 19.2 Å². The molecule has 0 spiro atoms. The summed E-state index contributed by atoms with van der Waals surface area (Å²) in [5, 5.41) is 15.2. The normalized spacial score (nSPS) is 11.5. The van der Waals surface area contributed by atoms with Gasteiger partial charge in [0.2, 0.25) is 0 Å². The fourth-order valence-corrected chi connectivity index (χ4v) is 3.94. The minimum Gasteiger partial charge on any atom is -0.494 e. The number of carbonyl (C=O) groups is 1. The predicted octanol–water partition coefficient (Wildman–Crippen LogP) is 3.04. The van der Waals surface area contributed by atoms with E-state index in [0.29, 0.717) is 0 Å². The van der Waals surface area contributed by atoms with Crippen molar-refractivity contribution >= 4 is 17.5 Å². The number of ether oxygens (including phenoxy) is 3.